The molecule has 1 atom stereocenters. The van der Waals surface area contributed by atoms with Crippen LogP contribution in [0.15, 0.2) is 47.6 Å². The van der Waals surface area contributed by atoms with Crippen molar-refractivity contribution in [1.29, 1.82) is 0 Å². The third-order valence-electron chi connectivity index (χ3n) is 3.84. The minimum Gasteiger partial charge on any atom is -0.494 e. The summed E-state index contributed by atoms with van der Waals surface area (Å²) in [6.45, 7) is 4.19. The Hall–Kier alpha value is -2.58. The summed E-state index contributed by atoms with van der Waals surface area (Å²) in [5, 5.41) is 22.7. The van der Waals surface area contributed by atoms with E-state index in [4.69, 9.17) is 9.47 Å². The Balaban J connectivity index is 1.63. The van der Waals surface area contributed by atoms with E-state index in [1.807, 2.05) is 56.3 Å². The van der Waals surface area contributed by atoms with Crippen molar-refractivity contribution in [2.24, 2.45) is 0 Å². The van der Waals surface area contributed by atoms with Crippen LogP contribution in [0, 0.1) is 13.8 Å². The first-order valence-electron chi connectivity index (χ1n) is 8.50. The van der Waals surface area contributed by atoms with Crippen LogP contribution in [0.1, 0.15) is 11.1 Å². The van der Waals surface area contributed by atoms with Crippen molar-refractivity contribution in [2.75, 3.05) is 19.5 Å². The molecule has 0 saturated heterocycles. The van der Waals surface area contributed by atoms with Gasteiger partial charge in [-0.1, -0.05) is 30.0 Å². The van der Waals surface area contributed by atoms with Crippen LogP contribution < -0.4 is 9.47 Å². The molecule has 0 aliphatic carbocycles. The first-order valence-corrected chi connectivity index (χ1v) is 9.49. The molecule has 0 bridgehead atoms. The summed E-state index contributed by atoms with van der Waals surface area (Å²) >= 11 is 1.36. The van der Waals surface area contributed by atoms with Crippen molar-refractivity contribution in [3.63, 3.8) is 0 Å². The van der Waals surface area contributed by atoms with Gasteiger partial charge in [0.15, 0.2) is 0 Å². The predicted molar refractivity (Wildman–Crippen MR) is 104 cm³/mol. The lowest BCUT2D eigenvalue weighted by molar-refractivity contribution is 0.126. The van der Waals surface area contributed by atoms with Gasteiger partial charge in [-0.15, -0.1) is 5.10 Å². The van der Waals surface area contributed by atoms with Gasteiger partial charge in [-0.2, -0.15) is 4.68 Å². The Labute approximate surface area is 162 Å². The van der Waals surface area contributed by atoms with E-state index >= 15 is 0 Å². The molecule has 0 fully saturated rings. The van der Waals surface area contributed by atoms with Gasteiger partial charge < -0.3 is 14.6 Å². The second-order valence-electron chi connectivity index (χ2n) is 6.14. The molecule has 1 heterocycles. The van der Waals surface area contributed by atoms with Crippen molar-refractivity contribution in [2.45, 2.75) is 25.1 Å². The van der Waals surface area contributed by atoms with Crippen LogP contribution in [0.4, 0.5) is 0 Å². The van der Waals surface area contributed by atoms with Gasteiger partial charge in [-0.05, 0) is 59.7 Å². The van der Waals surface area contributed by atoms with Crippen molar-refractivity contribution >= 4 is 11.8 Å². The largest absolute Gasteiger partial charge is 0.494 e. The zero-order chi connectivity index (χ0) is 19.2. The van der Waals surface area contributed by atoms with Crippen LogP contribution >= 0.6 is 11.8 Å². The quantitative estimate of drug-likeness (QED) is 0.596. The zero-order valence-electron chi connectivity index (χ0n) is 15.5. The number of methoxy groups -OCH3 is 1. The molecular weight excluding hydrogens is 364 g/mol. The van der Waals surface area contributed by atoms with Gasteiger partial charge in [-0.3, -0.25) is 0 Å². The highest BCUT2D eigenvalue weighted by Crippen LogP contribution is 2.27. The maximum absolute atomic E-state index is 10.2. The monoisotopic (exact) mass is 386 g/mol. The van der Waals surface area contributed by atoms with Gasteiger partial charge in [0.05, 0.1) is 13.2 Å². The number of ether oxygens (including phenoxy) is 2. The molecule has 0 spiro atoms. The third-order valence-corrected chi connectivity index (χ3v) is 4.90. The van der Waals surface area contributed by atoms with E-state index in [0.717, 1.165) is 22.6 Å². The number of aryl methyl sites for hydroxylation is 2. The summed E-state index contributed by atoms with van der Waals surface area (Å²) < 4.78 is 12.7. The molecule has 0 aliphatic rings. The molecule has 0 unspecified atom stereocenters. The van der Waals surface area contributed by atoms with E-state index in [1.54, 1.807) is 11.8 Å². The molecule has 0 aliphatic heterocycles. The molecule has 1 aromatic heterocycles. The Morgan fingerprint density at radius 2 is 1.96 bits per heavy atom. The number of tetrazole rings is 1. The summed E-state index contributed by atoms with van der Waals surface area (Å²) in [5.74, 6) is 1.83. The Morgan fingerprint density at radius 3 is 2.74 bits per heavy atom. The number of aliphatic hydroxyl groups is 1. The number of benzene rings is 2. The fourth-order valence-electron chi connectivity index (χ4n) is 2.50. The van der Waals surface area contributed by atoms with Crippen LogP contribution in [-0.2, 0) is 0 Å². The SMILES string of the molecule is COc1ccc(C)cc1-n1nnnc1SC[C@@H](O)COc1cccc(C)c1. The standard InChI is InChI=1S/C19H22N4O3S/c1-13-5-4-6-16(9-13)26-11-15(24)12-27-19-20-21-22-23(19)17-10-14(2)7-8-18(17)25-3/h4-10,15,24H,11-12H2,1-3H3/t15-/m0/s1. The Morgan fingerprint density at radius 1 is 1.15 bits per heavy atom. The van der Waals surface area contributed by atoms with Crippen LogP contribution in [0.2, 0.25) is 0 Å². The van der Waals surface area contributed by atoms with Gasteiger partial charge in [0.2, 0.25) is 5.16 Å². The van der Waals surface area contributed by atoms with Gasteiger partial charge >= 0.3 is 0 Å². The number of aliphatic hydroxyl groups excluding tert-OH is 1. The molecule has 3 aromatic rings. The van der Waals surface area contributed by atoms with Gasteiger partial charge in [0.1, 0.15) is 23.8 Å². The minimum atomic E-state index is -0.653. The number of rotatable bonds is 8. The number of aromatic nitrogens is 4. The second-order valence-corrected chi connectivity index (χ2v) is 7.13. The molecule has 8 heteroatoms. The molecule has 0 saturated carbocycles. The second kappa shape index (κ2) is 8.88. The predicted octanol–water partition coefficient (Wildman–Crippen LogP) is 2.82. The lowest BCUT2D eigenvalue weighted by Gasteiger charge is -2.13. The van der Waals surface area contributed by atoms with Crippen LogP contribution in [-0.4, -0.2) is 50.9 Å². The van der Waals surface area contributed by atoms with Crippen LogP contribution in [0.25, 0.3) is 5.69 Å². The van der Waals surface area contributed by atoms with Crippen molar-refractivity contribution in [1.82, 2.24) is 20.2 Å². The number of hydrogen-bond donors (Lipinski definition) is 1. The van der Waals surface area contributed by atoms with E-state index in [0.29, 0.717) is 16.7 Å². The van der Waals surface area contributed by atoms with Crippen molar-refractivity contribution in [3.05, 3.63) is 53.6 Å². The average molecular weight is 386 g/mol. The third kappa shape index (κ3) is 4.99. The highest BCUT2D eigenvalue weighted by molar-refractivity contribution is 7.99. The van der Waals surface area contributed by atoms with Crippen molar-refractivity contribution in [3.8, 4) is 17.2 Å². The minimum absolute atomic E-state index is 0.200. The molecule has 0 amide bonds. The summed E-state index contributed by atoms with van der Waals surface area (Å²) in [4.78, 5) is 0. The van der Waals surface area contributed by atoms with E-state index in [-0.39, 0.29) is 6.61 Å². The first-order chi connectivity index (χ1) is 13.1. The van der Waals surface area contributed by atoms with Gasteiger partial charge in [0.25, 0.3) is 0 Å². The Kier molecular flexibility index (Phi) is 6.31. The summed E-state index contributed by atoms with van der Waals surface area (Å²) in [6, 6.07) is 13.5. The van der Waals surface area contributed by atoms with E-state index in [9.17, 15) is 5.11 Å². The van der Waals surface area contributed by atoms with Crippen molar-refractivity contribution < 1.29 is 14.6 Å². The number of nitrogens with zero attached hydrogens (tertiary/aromatic N) is 4. The molecule has 1 N–H and O–H groups in total. The lowest BCUT2D eigenvalue weighted by Crippen LogP contribution is -2.20. The number of thioether (sulfide) groups is 1. The topological polar surface area (TPSA) is 82.3 Å². The van der Waals surface area contributed by atoms with E-state index in [1.165, 1.54) is 11.8 Å². The molecular formula is C19H22N4O3S. The maximum Gasteiger partial charge on any atom is 0.214 e. The maximum atomic E-state index is 10.2. The summed E-state index contributed by atoms with van der Waals surface area (Å²) in [6.07, 6.45) is -0.653. The van der Waals surface area contributed by atoms with Crippen LogP contribution in [0.3, 0.4) is 0 Å². The molecule has 7 nitrogen and oxygen atoms in total. The smallest absolute Gasteiger partial charge is 0.214 e. The molecule has 0 radical (unpaired) electrons. The first kappa shape index (κ1) is 19.2. The highest BCUT2D eigenvalue weighted by atomic mass is 32.2. The fraction of sp³-hybridized carbons (Fsp3) is 0.316. The summed E-state index contributed by atoms with van der Waals surface area (Å²) in [5.41, 5.74) is 2.95. The molecule has 142 valence electrons. The number of hydrogen-bond acceptors (Lipinski definition) is 7. The van der Waals surface area contributed by atoms with E-state index in [2.05, 4.69) is 15.5 Å². The average Bonchev–Trinajstić information content (AvgIpc) is 3.13. The molecule has 2 aromatic carbocycles. The van der Waals surface area contributed by atoms with Gasteiger partial charge in [0, 0.05) is 5.75 Å². The Bertz CT molecular complexity index is 900. The zero-order valence-corrected chi connectivity index (χ0v) is 16.3. The fourth-order valence-corrected chi connectivity index (χ4v) is 3.29. The summed E-state index contributed by atoms with van der Waals surface area (Å²) in [7, 11) is 1.61. The normalized spacial score (nSPS) is 12.0. The molecule has 27 heavy (non-hydrogen) atoms. The lowest BCUT2D eigenvalue weighted by atomic mass is 10.2. The molecule has 3 rings (SSSR count). The highest BCUT2D eigenvalue weighted by Gasteiger charge is 2.16. The van der Waals surface area contributed by atoms with Gasteiger partial charge in [-0.25, -0.2) is 0 Å². The van der Waals surface area contributed by atoms with Crippen LogP contribution in [0.5, 0.6) is 11.5 Å². The van der Waals surface area contributed by atoms with E-state index < -0.39 is 6.10 Å².